The molecule has 5 rings (SSSR count). The van der Waals surface area contributed by atoms with Gasteiger partial charge in [0, 0.05) is 24.0 Å². The molecule has 150 valence electrons. The van der Waals surface area contributed by atoms with Crippen LogP contribution in [0.3, 0.4) is 0 Å². The second-order valence-electron chi connectivity index (χ2n) is 7.95. The summed E-state index contributed by atoms with van der Waals surface area (Å²) in [6, 6.07) is 10.3. The van der Waals surface area contributed by atoms with Crippen LogP contribution in [0.25, 0.3) is 16.6 Å². The first-order valence-electron chi connectivity index (χ1n) is 10.3. The fourth-order valence-corrected chi connectivity index (χ4v) is 4.50. The lowest BCUT2D eigenvalue weighted by Gasteiger charge is -2.27. The van der Waals surface area contributed by atoms with Crippen molar-refractivity contribution in [3.8, 4) is 5.75 Å². The molecule has 1 aliphatic rings. The summed E-state index contributed by atoms with van der Waals surface area (Å²) in [6.45, 7) is 1.96. The van der Waals surface area contributed by atoms with Gasteiger partial charge in [0.15, 0.2) is 0 Å². The van der Waals surface area contributed by atoms with E-state index >= 15 is 0 Å². The fraction of sp³-hybridized carbons (Fsp3) is 0.409. The lowest BCUT2D eigenvalue weighted by atomic mass is 9.80. The standard InChI is InChI=1S/C22H26N6O/c1-29-18-8-4-16(5-9-18)13-23-12-15-2-6-17(7-3-15)20-21-19-10-11-24-22(19)25-14-28(21)27-26-20/h4-5,8-11,14-15,17,23-24H,2-3,6-7,12-13H2,1H3. The van der Waals surface area contributed by atoms with Gasteiger partial charge >= 0.3 is 0 Å². The van der Waals surface area contributed by atoms with Crippen LogP contribution >= 0.6 is 0 Å². The van der Waals surface area contributed by atoms with Gasteiger partial charge in [-0.05, 0) is 61.9 Å². The summed E-state index contributed by atoms with van der Waals surface area (Å²) in [5, 5.41) is 13.6. The molecule has 3 aromatic heterocycles. The molecule has 7 nitrogen and oxygen atoms in total. The average molecular weight is 390 g/mol. The molecule has 4 aromatic rings. The van der Waals surface area contributed by atoms with E-state index in [1.165, 1.54) is 18.4 Å². The molecular weight excluding hydrogens is 364 g/mol. The highest BCUT2D eigenvalue weighted by Gasteiger charge is 2.26. The predicted molar refractivity (Wildman–Crippen MR) is 112 cm³/mol. The summed E-state index contributed by atoms with van der Waals surface area (Å²) in [7, 11) is 1.70. The molecule has 0 atom stereocenters. The average Bonchev–Trinajstić information content (AvgIpc) is 3.41. The molecule has 2 N–H and O–H groups in total. The first kappa shape index (κ1) is 18.1. The maximum absolute atomic E-state index is 5.22. The number of fused-ring (bicyclic) bond motifs is 3. The second-order valence-corrected chi connectivity index (χ2v) is 7.95. The first-order chi connectivity index (χ1) is 14.3. The molecular formula is C22H26N6O. The molecule has 0 aliphatic heterocycles. The number of hydrogen-bond acceptors (Lipinski definition) is 5. The monoisotopic (exact) mass is 390 g/mol. The SMILES string of the molecule is COc1ccc(CNCC2CCC(c3nnn4cnc5[nH]ccc5c34)CC2)cc1. The zero-order valence-electron chi connectivity index (χ0n) is 16.6. The van der Waals surface area contributed by atoms with Crippen molar-refractivity contribution in [3.63, 3.8) is 0 Å². The summed E-state index contributed by atoms with van der Waals surface area (Å²) in [4.78, 5) is 7.58. The minimum atomic E-state index is 0.478. The van der Waals surface area contributed by atoms with Crippen LogP contribution in [0.4, 0.5) is 0 Å². The summed E-state index contributed by atoms with van der Waals surface area (Å²) in [5.74, 6) is 2.10. The quantitative estimate of drug-likeness (QED) is 0.525. The van der Waals surface area contributed by atoms with Crippen LogP contribution in [-0.2, 0) is 6.54 Å². The van der Waals surface area contributed by atoms with E-state index in [0.29, 0.717) is 5.92 Å². The van der Waals surface area contributed by atoms with E-state index in [0.717, 1.165) is 59.8 Å². The highest BCUT2D eigenvalue weighted by atomic mass is 16.5. The molecule has 7 heteroatoms. The minimum absolute atomic E-state index is 0.478. The van der Waals surface area contributed by atoms with Gasteiger partial charge < -0.3 is 15.0 Å². The zero-order valence-corrected chi connectivity index (χ0v) is 16.6. The number of aromatic nitrogens is 5. The third-order valence-electron chi connectivity index (χ3n) is 6.15. The van der Waals surface area contributed by atoms with Gasteiger partial charge in [-0.3, -0.25) is 0 Å². The summed E-state index contributed by atoms with van der Waals surface area (Å²) < 4.78 is 7.03. The number of benzene rings is 1. The molecule has 1 aromatic carbocycles. The van der Waals surface area contributed by atoms with E-state index < -0.39 is 0 Å². The highest BCUT2D eigenvalue weighted by Crippen LogP contribution is 2.37. The van der Waals surface area contributed by atoms with E-state index in [1.54, 1.807) is 13.4 Å². The summed E-state index contributed by atoms with van der Waals surface area (Å²) >= 11 is 0. The third kappa shape index (κ3) is 3.58. The number of nitrogens with zero attached hydrogens (tertiary/aromatic N) is 4. The summed E-state index contributed by atoms with van der Waals surface area (Å²) in [5.41, 5.74) is 4.43. The molecule has 3 heterocycles. The number of methoxy groups -OCH3 is 1. The number of rotatable bonds is 6. The normalized spacial score (nSPS) is 19.8. The van der Waals surface area contributed by atoms with Crippen molar-refractivity contribution in [1.82, 2.24) is 30.1 Å². The van der Waals surface area contributed by atoms with Crippen LogP contribution in [0.1, 0.15) is 42.9 Å². The third-order valence-corrected chi connectivity index (χ3v) is 6.15. The Morgan fingerprint density at radius 2 is 1.97 bits per heavy atom. The smallest absolute Gasteiger partial charge is 0.141 e. The molecule has 1 aliphatic carbocycles. The minimum Gasteiger partial charge on any atom is -0.497 e. The second kappa shape index (κ2) is 7.83. The van der Waals surface area contributed by atoms with Crippen LogP contribution < -0.4 is 10.1 Å². The largest absolute Gasteiger partial charge is 0.497 e. The van der Waals surface area contributed by atoms with E-state index in [1.807, 2.05) is 22.8 Å². The Hall–Kier alpha value is -2.93. The van der Waals surface area contributed by atoms with Crippen molar-refractivity contribution in [3.05, 3.63) is 54.1 Å². The number of hydrogen-bond donors (Lipinski definition) is 2. The van der Waals surface area contributed by atoms with Gasteiger partial charge in [0.1, 0.15) is 23.2 Å². The van der Waals surface area contributed by atoms with Gasteiger partial charge in [0.25, 0.3) is 0 Å². The predicted octanol–water partition coefficient (Wildman–Crippen LogP) is 3.68. The maximum Gasteiger partial charge on any atom is 0.141 e. The molecule has 0 bridgehead atoms. The fourth-order valence-electron chi connectivity index (χ4n) is 4.50. The Bertz CT molecular complexity index is 1090. The van der Waals surface area contributed by atoms with Gasteiger partial charge in [0.2, 0.25) is 0 Å². The van der Waals surface area contributed by atoms with Gasteiger partial charge in [-0.2, -0.15) is 0 Å². The van der Waals surface area contributed by atoms with Crippen molar-refractivity contribution < 1.29 is 4.74 Å². The lowest BCUT2D eigenvalue weighted by Crippen LogP contribution is -2.26. The Morgan fingerprint density at radius 1 is 1.14 bits per heavy atom. The van der Waals surface area contributed by atoms with E-state index in [9.17, 15) is 0 Å². The van der Waals surface area contributed by atoms with E-state index in [-0.39, 0.29) is 0 Å². The molecule has 0 unspecified atom stereocenters. The molecule has 29 heavy (non-hydrogen) atoms. The number of aromatic amines is 1. The Morgan fingerprint density at radius 3 is 2.76 bits per heavy atom. The van der Waals surface area contributed by atoms with Crippen LogP contribution in [0.5, 0.6) is 5.75 Å². The molecule has 1 saturated carbocycles. The van der Waals surface area contributed by atoms with Gasteiger partial charge in [0.05, 0.1) is 12.8 Å². The van der Waals surface area contributed by atoms with Gasteiger partial charge in [-0.25, -0.2) is 9.50 Å². The van der Waals surface area contributed by atoms with Crippen LogP contribution in [0.15, 0.2) is 42.9 Å². The van der Waals surface area contributed by atoms with Crippen LogP contribution in [-0.4, -0.2) is 38.4 Å². The van der Waals surface area contributed by atoms with Crippen LogP contribution in [0, 0.1) is 5.92 Å². The Kier molecular flexibility index (Phi) is 4.89. The Labute approximate surface area is 169 Å². The van der Waals surface area contributed by atoms with Crippen molar-refractivity contribution in [2.75, 3.05) is 13.7 Å². The molecule has 0 amide bonds. The topological polar surface area (TPSA) is 80.1 Å². The summed E-state index contributed by atoms with van der Waals surface area (Å²) in [6.07, 6.45) is 8.45. The van der Waals surface area contributed by atoms with Crippen molar-refractivity contribution in [2.24, 2.45) is 5.92 Å². The van der Waals surface area contributed by atoms with Gasteiger partial charge in [-0.15, -0.1) is 5.10 Å². The van der Waals surface area contributed by atoms with Crippen molar-refractivity contribution >= 4 is 16.6 Å². The lowest BCUT2D eigenvalue weighted by molar-refractivity contribution is 0.311. The maximum atomic E-state index is 5.22. The molecule has 0 spiro atoms. The number of H-pyrrole nitrogens is 1. The van der Waals surface area contributed by atoms with Gasteiger partial charge in [-0.1, -0.05) is 17.3 Å². The van der Waals surface area contributed by atoms with Crippen LogP contribution in [0.2, 0.25) is 0 Å². The van der Waals surface area contributed by atoms with Crippen molar-refractivity contribution in [1.29, 1.82) is 0 Å². The molecule has 0 radical (unpaired) electrons. The first-order valence-corrected chi connectivity index (χ1v) is 10.3. The Balaban J connectivity index is 1.18. The molecule has 0 saturated heterocycles. The highest BCUT2D eigenvalue weighted by molar-refractivity contribution is 5.92. The molecule has 1 fully saturated rings. The number of ether oxygens (including phenoxy) is 1. The van der Waals surface area contributed by atoms with Crippen molar-refractivity contribution in [2.45, 2.75) is 38.1 Å². The van der Waals surface area contributed by atoms with E-state index in [2.05, 4.69) is 43.8 Å². The zero-order chi connectivity index (χ0) is 19.6. The number of nitrogens with one attached hydrogen (secondary N) is 2. The van der Waals surface area contributed by atoms with E-state index in [4.69, 9.17) is 4.74 Å².